The van der Waals surface area contributed by atoms with Crippen molar-refractivity contribution in [3.8, 4) is 0 Å². The van der Waals surface area contributed by atoms with Gasteiger partial charge in [0.05, 0.1) is 5.41 Å². The minimum absolute atomic E-state index is 0. The van der Waals surface area contributed by atoms with E-state index in [-0.39, 0.29) is 23.7 Å². The van der Waals surface area contributed by atoms with E-state index in [1.165, 1.54) is 12.8 Å². The molecule has 1 aliphatic carbocycles. The summed E-state index contributed by atoms with van der Waals surface area (Å²) in [6.45, 7) is 9.38. The summed E-state index contributed by atoms with van der Waals surface area (Å²) >= 11 is 0. The second kappa shape index (κ2) is 5.79. The van der Waals surface area contributed by atoms with E-state index in [0.29, 0.717) is 11.3 Å². The van der Waals surface area contributed by atoms with Crippen molar-refractivity contribution < 1.29 is 4.79 Å². The molecule has 3 nitrogen and oxygen atoms in total. The molecule has 2 fully saturated rings. The smallest absolute Gasteiger partial charge is 0.227 e. The van der Waals surface area contributed by atoms with Crippen LogP contribution in [0.25, 0.3) is 0 Å². The topological polar surface area (TPSA) is 41.1 Å². The van der Waals surface area contributed by atoms with Crippen LogP contribution in [-0.4, -0.2) is 25.5 Å². The van der Waals surface area contributed by atoms with Gasteiger partial charge in [-0.1, -0.05) is 13.8 Å². The van der Waals surface area contributed by atoms with Gasteiger partial charge in [-0.15, -0.1) is 12.4 Å². The number of carbonyl (C=O) groups is 1. The number of hydrogen-bond acceptors (Lipinski definition) is 2. The fourth-order valence-electron chi connectivity index (χ4n) is 2.84. The molecule has 2 N–H and O–H groups in total. The van der Waals surface area contributed by atoms with Crippen molar-refractivity contribution in [3.05, 3.63) is 0 Å². The molecule has 4 heteroatoms. The summed E-state index contributed by atoms with van der Waals surface area (Å²) in [7, 11) is 0. The Kier molecular flexibility index (Phi) is 5.07. The molecular formula is C14H27ClN2O. The molecule has 1 heterocycles. The molecule has 1 saturated heterocycles. The summed E-state index contributed by atoms with van der Waals surface area (Å²) in [5, 5.41) is 6.53. The van der Waals surface area contributed by atoms with E-state index in [1.807, 2.05) is 0 Å². The lowest BCUT2D eigenvalue weighted by atomic mass is 9.81. The zero-order chi connectivity index (χ0) is 12.5. The first-order valence-corrected chi connectivity index (χ1v) is 6.98. The Labute approximate surface area is 117 Å². The Morgan fingerprint density at radius 1 is 1.33 bits per heavy atom. The number of hydrogen-bond donors (Lipinski definition) is 2. The molecule has 0 aromatic carbocycles. The fourth-order valence-corrected chi connectivity index (χ4v) is 2.84. The molecular weight excluding hydrogens is 248 g/mol. The van der Waals surface area contributed by atoms with Gasteiger partial charge in [-0.25, -0.2) is 0 Å². The highest BCUT2D eigenvalue weighted by molar-refractivity contribution is 5.85. The number of rotatable bonds is 4. The first kappa shape index (κ1) is 15.8. The zero-order valence-electron chi connectivity index (χ0n) is 11.8. The van der Waals surface area contributed by atoms with Crippen molar-refractivity contribution in [1.29, 1.82) is 0 Å². The molecule has 0 radical (unpaired) electrons. The monoisotopic (exact) mass is 274 g/mol. The van der Waals surface area contributed by atoms with E-state index in [4.69, 9.17) is 0 Å². The molecule has 2 rings (SSSR count). The molecule has 2 aliphatic rings. The van der Waals surface area contributed by atoms with Gasteiger partial charge in [-0.05, 0) is 50.5 Å². The highest BCUT2D eigenvalue weighted by Crippen LogP contribution is 2.51. The molecule has 0 aromatic heterocycles. The number of carbonyl (C=O) groups excluding carboxylic acids is 1. The van der Waals surface area contributed by atoms with E-state index in [9.17, 15) is 4.79 Å². The Hall–Kier alpha value is -0.280. The highest BCUT2D eigenvalue weighted by atomic mass is 35.5. The largest absolute Gasteiger partial charge is 0.355 e. The molecule has 0 aromatic rings. The summed E-state index contributed by atoms with van der Waals surface area (Å²) in [4.78, 5) is 12.3. The Balaban J connectivity index is 0.00000162. The Morgan fingerprint density at radius 3 is 2.44 bits per heavy atom. The summed E-state index contributed by atoms with van der Waals surface area (Å²) in [5.41, 5.74) is 0.222. The minimum Gasteiger partial charge on any atom is -0.355 e. The first-order valence-electron chi connectivity index (χ1n) is 6.98. The molecule has 18 heavy (non-hydrogen) atoms. The van der Waals surface area contributed by atoms with Crippen molar-refractivity contribution in [2.45, 2.75) is 46.5 Å². The first-order chi connectivity index (χ1) is 7.99. The quantitative estimate of drug-likeness (QED) is 0.826. The van der Waals surface area contributed by atoms with Gasteiger partial charge in [-0.3, -0.25) is 4.79 Å². The van der Waals surface area contributed by atoms with E-state index in [1.54, 1.807) is 0 Å². The van der Waals surface area contributed by atoms with Crippen LogP contribution in [0.1, 0.15) is 46.5 Å². The van der Waals surface area contributed by atoms with Crippen molar-refractivity contribution in [2.75, 3.05) is 19.6 Å². The van der Waals surface area contributed by atoms with Crippen LogP contribution in [0, 0.1) is 16.7 Å². The highest BCUT2D eigenvalue weighted by Gasteiger charge is 2.46. The van der Waals surface area contributed by atoms with Crippen LogP contribution in [-0.2, 0) is 4.79 Å². The van der Waals surface area contributed by atoms with Crippen LogP contribution in [0.2, 0.25) is 0 Å². The van der Waals surface area contributed by atoms with Crippen LogP contribution in [0.15, 0.2) is 0 Å². The number of halogens is 1. The number of nitrogens with one attached hydrogen (secondary N) is 2. The van der Waals surface area contributed by atoms with Crippen LogP contribution >= 0.6 is 12.4 Å². The van der Waals surface area contributed by atoms with E-state index in [2.05, 4.69) is 31.4 Å². The fraction of sp³-hybridized carbons (Fsp3) is 0.929. The second-order valence-electron chi connectivity index (χ2n) is 6.54. The van der Waals surface area contributed by atoms with Crippen LogP contribution in [0.3, 0.4) is 0 Å². The second-order valence-corrected chi connectivity index (χ2v) is 6.54. The summed E-state index contributed by atoms with van der Waals surface area (Å²) in [6, 6.07) is 0. The maximum atomic E-state index is 12.3. The SMILES string of the molecule is CC(C)C1(CNC(=O)C2(C)CCCNC2)CC1.Cl. The summed E-state index contributed by atoms with van der Waals surface area (Å²) < 4.78 is 0. The van der Waals surface area contributed by atoms with Crippen molar-refractivity contribution in [3.63, 3.8) is 0 Å². The van der Waals surface area contributed by atoms with Gasteiger partial charge in [0, 0.05) is 13.1 Å². The normalized spacial score (nSPS) is 29.6. The van der Waals surface area contributed by atoms with Gasteiger partial charge in [0.2, 0.25) is 5.91 Å². The van der Waals surface area contributed by atoms with E-state index < -0.39 is 0 Å². The lowest BCUT2D eigenvalue weighted by Crippen LogP contribution is -2.50. The molecule has 1 aliphatic heterocycles. The van der Waals surface area contributed by atoms with Crippen LogP contribution in [0.5, 0.6) is 0 Å². The number of piperidine rings is 1. The predicted molar refractivity (Wildman–Crippen MR) is 77.0 cm³/mol. The lowest BCUT2D eigenvalue weighted by molar-refractivity contribution is -0.131. The third-order valence-electron chi connectivity index (χ3n) is 4.86. The number of amides is 1. The molecule has 106 valence electrons. The molecule has 0 bridgehead atoms. The Morgan fingerprint density at radius 2 is 2.00 bits per heavy atom. The molecule has 1 amide bonds. The summed E-state index contributed by atoms with van der Waals surface area (Å²) in [5.74, 6) is 0.928. The van der Waals surface area contributed by atoms with Crippen molar-refractivity contribution in [1.82, 2.24) is 10.6 Å². The Bertz CT molecular complexity index is 294. The maximum absolute atomic E-state index is 12.3. The van der Waals surface area contributed by atoms with Gasteiger partial charge >= 0.3 is 0 Å². The van der Waals surface area contributed by atoms with Gasteiger partial charge in [0.25, 0.3) is 0 Å². The average Bonchev–Trinajstić information content (AvgIpc) is 3.08. The average molecular weight is 275 g/mol. The van der Waals surface area contributed by atoms with Gasteiger partial charge < -0.3 is 10.6 Å². The van der Waals surface area contributed by atoms with Gasteiger partial charge in [0.15, 0.2) is 0 Å². The predicted octanol–water partition coefficient (Wildman–Crippen LogP) is 2.35. The molecule has 1 saturated carbocycles. The van der Waals surface area contributed by atoms with Gasteiger partial charge in [0.1, 0.15) is 0 Å². The maximum Gasteiger partial charge on any atom is 0.227 e. The lowest BCUT2D eigenvalue weighted by Gasteiger charge is -2.33. The van der Waals surface area contributed by atoms with Gasteiger partial charge in [-0.2, -0.15) is 0 Å². The molecule has 0 spiro atoms. The van der Waals surface area contributed by atoms with Crippen molar-refractivity contribution >= 4 is 18.3 Å². The standard InChI is InChI=1S/C14H26N2O.ClH/c1-11(2)14(6-7-14)10-16-12(17)13(3)5-4-8-15-9-13;/h11,15H,4-10H2,1-3H3,(H,16,17);1H. The third kappa shape index (κ3) is 3.18. The minimum atomic E-state index is -0.189. The molecule has 1 unspecified atom stereocenters. The van der Waals surface area contributed by atoms with Crippen LogP contribution in [0.4, 0.5) is 0 Å². The third-order valence-corrected chi connectivity index (χ3v) is 4.86. The molecule has 1 atom stereocenters. The van der Waals surface area contributed by atoms with Crippen molar-refractivity contribution in [2.24, 2.45) is 16.7 Å². The van der Waals surface area contributed by atoms with E-state index >= 15 is 0 Å². The zero-order valence-corrected chi connectivity index (χ0v) is 12.7. The van der Waals surface area contributed by atoms with Crippen LogP contribution < -0.4 is 10.6 Å². The summed E-state index contributed by atoms with van der Waals surface area (Å²) in [6.07, 6.45) is 4.68. The van der Waals surface area contributed by atoms with E-state index in [0.717, 1.165) is 32.5 Å².